The summed E-state index contributed by atoms with van der Waals surface area (Å²) < 4.78 is 8.20. The molecule has 102 valence electrons. The van der Waals surface area contributed by atoms with Crippen molar-refractivity contribution < 1.29 is 4.74 Å². The maximum atomic E-state index is 12.4. The minimum absolute atomic E-state index is 0.0971. The predicted octanol–water partition coefficient (Wildman–Crippen LogP) is 1.78. The Morgan fingerprint density at radius 2 is 2.05 bits per heavy atom. The second-order valence-electron chi connectivity index (χ2n) is 4.22. The van der Waals surface area contributed by atoms with Gasteiger partial charge in [-0.25, -0.2) is 14.3 Å². The lowest BCUT2D eigenvalue weighted by atomic mass is 10.3. The van der Waals surface area contributed by atoms with Crippen molar-refractivity contribution in [3.8, 4) is 11.6 Å². The molecule has 0 N–H and O–H groups in total. The number of methoxy groups -OCH3 is 1. The van der Waals surface area contributed by atoms with Crippen molar-refractivity contribution in [2.24, 2.45) is 7.05 Å². The zero-order valence-electron chi connectivity index (χ0n) is 10.9. The van der Waals surface area contributed by atoms with E-state index >= 15 is 0 Å². The average molecular weight is 291 g/mol. The largest absolute Gasteiger partial charge is 0.497 e. The summed E-state index contributed by atoms with van der Waals surface area (Å²) in [6.07, 6.45) is 1.51. The molecule has 2 aromatic heterocycles. The fourth-order valence-corrected chi connectivity index (χ4v) is 2.26. The Balaban J connectivity index is 2.37. The predicted molar refractivity (Wildman–Crippen MR) is 75.7 cm³/mol. The third-order valence-electron chi connectivity index (χ3n) is 3.10. The molecular weight excluding hydrogens is 280 g/mol. The van der Waals surface area contributed by atoms with E-state index in [2.05, 4.69) is 9.97 Å². The first-order valence-corrected chi connectivity index (χ1v) is 6.24. The number of aromatic nitrogens is 4. The molecule has 2 heterocycles. The van der Waals surface area contributed by atoms with Gasteiger partial charge in [0.15, 0.2) is 0 Å². The van der Waals surface area contributed by atoms with E-state index in [0.29, 0.717) is 11.6 Å². The van der Waals surface area contributed by atoms with Crippen LogP contribution in [0.1, 0.15) is 0 Å². The van der Waals surface area contributed by atoms with Crippen LogP contribution in [0, 0.1) is 0 Å². The first kappa shape index (κ1) is 12.7. The topological polar surface area (TPSA) is 61.9 Å². The standard InChI is InChI=1S/C13H11ClN4O2/c1-17-10-7-8(20-2)3-4-9(10)18(13(17)19)11-5-6-15-12(14)16-11/h3-7H,1-2H3. The van der Waals surface area contributed by atoms with Crippen molar-refractivity contribution in [1.29, 1.82) is 0 Å². The molecule has 6 nitrogen and oxygen atoms in total. The van der Waals surface area contributed by atoms with Gasteiger partial charge >= 0.3 is 5.69 Å². The van der Waals surface area contributed by atoms with Gasteiger partial charge in [0.25, 0.3) is 0 Å². The Bertz CT molecular complexity index is 853. The Morgan fingerprint density at radius 1 is 1.25 bits per heavy atom. The normalized spacial score (nSPS) is 10.9. The molecule has 0 aliphatic rings. The number of nitrogens with zero attached hydrogens (tertiary/aromatic N) is 4. The molecule has 0 atom stereocenters. The highest BCUT2D eigenvalue weighted by atomic mass is 35.5. The van der Waals surface area contributed by atoms with Gasteiger partial charge in [0, 0.05) is 25.4 Å². The first-order valence-electron chi connectivity index (χ1n) is 5.86. The first-order chi connectivity index (χ1) is 9.61. The average Bonchev–Trinajstić information content (AvgIpc) is 2.70. The number of benzene rings is 1. The van der Waals surface area contributed by atoms with E-state index < -0.39 is 0 Å². The van der Waals surface area contributed by atoms with Crippen LogP contribution >= 0.6 is 11.6 Å². The fraction of sp³-hybridized carbons (Fsp3) is 0.154. The van der Waals surface area contributed by atoms with Gasteiger partial charge < -0.3 is 4.74 Å². The van der Waals surface area contributed by atoms with Crippen LogP contribution < -0.4 is 10.4 Å². The van der Waals surface area contributed by atoms with Crippen molar-refractivity contribution >= 4 is 22.6 Å². The lowest BCUT2D eigenvalue weighted by Gasteiger charge is -2.03. The zero-order chi connectivity index (χ0) is 14.3. The van der Waals surface area contributed by atoms with Gasteiger partial charge in [0.2, 0.25) is 5.28 Å². The van der Waals surface area contributed by atoms with Crippen LogP contribution in [0.15, 0.2) is 35.3 Å². The molecule has 0 unspecified atom stereocenters. The number of hydrogen-bond acceptors (Lipinski definition) is 4. The van der Waals surface area contributed by atoms with Gasteiger partial charge in [-0.1, -0.05) is 0 Å². The molecule has 0 spiro atoms. The van der Waals surface area contributed by atoms with Gasteiger partial charge in [-0.3, -0.25) is 4.57 Å². The van der Waals surface area contributed by atoms with Gasteiger partial charge in [0.05, 0.1) is 18.1 Å². The minimum atomic E-state index is -0.206. The third-order valence-corrected chi connectivity index (χ3v) is 3.29. The lowest BCUT2D eigenvalue weighted by molar-refractivity contribution is 0.415. The summed E-state index contributed by atoms with van der Waals surface area (Å²) in [7, 11) is 3.28. The quantitative estimate of drug-likeness (QED) is 0.675. The van der Waals surface area contributed by atoms with Gasteiger partial charge in [-0.2, -0.15) is 4.98 Å². The molecular formula is C13H11ClN4O2. The summed E-state index contributed by atoms with van der Waals surface area (Å²) in [6.45, 7) is 0. The Kier molecular flexibility index (Phi) is 2.94. The number of hydrogen-bond donors (Lipinski definition) is 0. The van der Waals surface area contributed by atoms with E-state index in [-0.39, 0.29) is 11.0 Å². The Hall–Kier alpha value is -2.34. The summed E-state index contributed by atoms with van der Waals surface area (Å²) in [4.78, 5) is 20.3. The summed E-state index contributed by atoms with van der Waals surface area (Å²) in [6, 6.07) is 7.04. The molecule has 0 amide bonds. The van der Waals surface area contributed by atoms with Crippen molar-refractivity contribution in [1.82, 2.24) is 19.1 Å². The highest BCUT2D eigenvalue weighted by Gasteiger charge is 2.14. The number of rotatable bonds is 2. The van der Waals surface area contributed by atoms with E-state index in [0.717, 1.165) is 11.0 Å². The monoisotopic (exact) mass is 290 g/mol. The molecule has 3 rings (SSSR count). The number of fused-ring (bicyclic) bond motifs is 1. The van der Waals surface area contributed by atoms with Crippen molar-refractivity contribution in [2.45, 2.75) is 0 Å². The number of aryl methyl sites for hydroxylation is 1. The third kappa shape index (κ3) is 1.85. The van der Waals surface area contributed by atoms with Crippen LogP contribution in [0.4, 0.5) is 0 Å². The maximum absolute atomic E-state index is 12.4. The molecule has 0 aliphatic heterocycles. The molecule has 0 bridgehead atoms. The van der Waals surface area contributed by atoms with E-state index in [1.807, 2.05) is 6.07 Å². The molecule has 0 radical (unpaired) electrons. The van der Waals surface area contributed by atoms with Crippen molar-refractivity contribution in [2.75, 3.05) is 7.11 Å². The molecule has 20 heavy (non-hydrogen) atoms. The van der Waals surface area contributed by atoms with E-state index in [1.165, 1.54) is 15.3 Å². The Labute approximate surface area is 119 Å². The van der Waals surface area contributed by atoms with E-state index in [4.69, 9.17) is 16.3 Å². The molecule has 0 saturated carbocycles. The highest BCUT2D eigenvalue weighted by molar-refractivity contribution is 6.28. The van der Waals surface area contributed by atoms with Crippen molar-refractivity contribution in [3.63, 3.8) is 0 Å². The number of imidazole rings is 1. The van der Waals surface area contributed by atoms with E-state index in [9.17, 15) is 4.79 Å². The van der Waals surface area contributed by atoms with Gasteiger partial charge in [-0.05, 0) is 23.7 Å². The van der Waals surface area contributed by atoms with Crippen LogP contribution in [0.25, 0.3) is 16.9 Å². The SMILES string of the molecule is COc1ccc2c(c1)n(C)c(=O)n2-c1ccnc(Cl)n1. The van der Waals surface area contributed by atoms with Crippen LogP contribution in [0.3, 0.4) is 0 Å². The minimum Gasteiger partial charge on any atom is -0.497 e. The molecule has 3 aromatic rings. The summed E-state index contributed by atoms with van der Waals surface area (Å²) in [5, 5.41) is 0.0971. The number of halogens is 1. The summed E-state index contributed by atoms with van der Waals surface area (Å²) in [5.41, 5.74) is 1.28. The summed E-state index contributed by atoms with van der Waals surface area (Å²) >= 11 is 5.79. The second kappa shape index (κ2) is 4.64. The van der Waals surface area contributed by atoms with Crippen LogP contribution in [0.2, 0.25) is 5.28 Å². The van der Waals surface area contributed by atoms with Gasteiger partial charge in [-0.15, -0.1) is 0 Å². The van der Waals surface area contributed by atoms with E-state index in [1.54, 1.807) is 32.4 Å². The molecule has 7 heteroatoms. The van der Waals surface area contributed by atoms with Crippen LogP contribution in [0.5, 0.6) is 5.75 Å². The maximum Gasteiger partial charge on any atom is 0.334 e. The lowest BCUT2D eigenvalue weighted by Crippen LogP contribution is -2.21. The second-order valence-corrected chi connectivity index (χ2v) is 4.55. The Morgan fingerprint density at radius 3 is 2.75 bits per heavy atom. The summed E-state index contributed by atoms with van der Waals surface area (Å²) in [5.74, 6) is 1.12. The molecule has 0 aliphatic carbocycles. The fourth-order valence-electron chi connectivity index (χ4n) is 2.12. The van der Waals surface area contributed by atoms with Crippen molar-refractivity contribution in [3.05, 3.63) is 46.2 Å². The van der Waals surface area contributed by atoms with Crippen LogP contribution in [-0.4, -0.2) is 26.2 Å². The number of ether oxygens (including phenoxy) is 1. The molecule has 0 saturated heterocycles. The highest BCUT2D eigenvalue weighted by Crippen LogP contribution is 2.21. The van der Waals surface area contributed by atoms with Crippen LogP contribution in [-0.2, 0) is 7.05 Å². The molecule has 0 fully saturated rings. The molecule has 1 aromatic carbocycles. The van der Waals surface area contributed by atoms with Gasteiger partial charge in [0.1, 0.15) is 11.6 Å². The zero-order valence-corrected chi connectivity index (χ0v) is 11.6. The smallest absolute Gasteiger partial charge is 0.334 e.